The number of nitrogens with two attached hydrogens (primary N) is 1. The summed E-state index contributed by atoms with van der Waals surface area (Å²) in [5, 5.41) is 8.20. The Hall–Kier alpha value is -1.48. The van der Waals surface area contributed by atoms with Crippen LogP contribution in [-0.4, -0.2) is 10.2 Å². The maximum atomic E-state index is 6.09. The molecule has 2 fully saturated rings. The number of fused-ring (bicyclic) bond motifs is 1. The molecular weight excluding hydrogens is 270 g/mol. The van der Waals surface area contributed by atoms with Crippen molar-refractivity contribution in [2.75, 3.05) is 5.73 Å². The predicted octanol–water partition coefficient (Wildman–Crippen LogP) is 4.22. The van der Waals surface area contributed by atoms with Gasteiger partial charge in [-0.15, -0.1) is 0 Å². The Balaban J connectivity index is 1.73. The topological polar surface area (TPSA) is 54.7 Å². The molecule has 3 nitrogen and oxygen atoms in total. The molecule has 2 aliphatic carbocycles. The summed E-state index contributed by atoms with van der Waals surface area (Å²) >= 11 is 5.97. The van der Waals surface area contributed by atoms with Crippen LogP contribution in [0.3, 0.4) is 0 Å². The summed E-state index contributed by atoms with van der Waals surface area (Å²) in [6.45, 7) is 0. The fraction of sp³-hybridized carbons (Fsp3) is 0.438. The van der Waals surface area contributed by atoms with Crippen LogP contribution in [0.15, 0.2) is 24.3 Å². The molecule has 3 N–H and O–H groups in total. The minimum Gasteiger partial charge on any atom is -0.382 e. The number of nitrogen functional groups attached to an aromatic ring is 1. The summed E-state index contributed by atoms with van der Waals surface area (Å²) in [5.41, 5.74) is 9.52. The van der Waals surface area contributed by atoms with Crippen molar-refractivity contribution in [1.82, 2.24) is 10.2 Å². The highest BCUT2D eigenvalue weighted by molar-refractivity contribution is 6.30. The number of aromatic nitrogens is 2. The van der Waals surface area contributed by atoms with Crippen LogP contribution in [-0.2, 0) is 0 Å². The van der Waals surface area contributed by atoms with Crippen LogP contribution in [0.5, 0.6) is 0 Å². The van der Waals surface area contributed by atoms with E-state index in [0.29, 0.717) is 11.7 Å². The summed E-state index contributed by atoms with van der Waals surface area (Å²) in [4.78, 5) is 0. The lowest BCUT2D eigenvalue weighted by Gasteiger charge is -2.04. The smallest absolute Gasteiger partial charge is 0.153 e. The number of rotatable bonds is 2. The fourth-order valence-corrected chi connectivity index (χ4v) is 4.08. The van der Waals surface area contributed by atoms with Gasteiger partial charge in [-0.05, 0) is 42.4 Å². The van der Waals surface area contributed by atoms with E-state index in [1.807, 2.05) is 24.3 Å². The van der Waals surface area contributed by atoms with Crippen LogP contribution >= 0.6 is 11.6 Å². The predicted molar refractivity (Wildman–Crippen MR) is 81.6 cm³/mol. The average molecular weight is 288 g/mol. The minimum atomic E-state index is 0.603. The van der Waals surface area contributed by atoms with Gasteiger partial charge in [0.2, 0.25) is 0 Å². The van der Waals surface area contributed by atoms with Gasteiger partial charge in [0.1, 0.15) is 0 Å². The maximum Gasteiger partial charge on any atom is 0.153 e. The molecule has 1 aromatic carbocycles. The lowest BCUT2D eigenvalue weighted by atomic mass is 10.0. The first-order valence-electron chi connectivity index (χ1n) is 7.35. The average Bonchev–Trinajstić information content (AvgIpc) is 3.08. The Morgan fingerprint density at radius 2 is 1.75 bits per heavy atom. The van der Waals surface area contributed by atoms with E-state index in [4.69, 9.17) is 17.3 Å². The van der Waals surface area contributed by atoms with E-state index in [1.54, 1.807) is 0 Å². The molecule has 2 atom stereocenters. The largest absolute Gasteiger partial charge is 0.382 e. The maximum absolute atomic E-state index is 6.09. The van der Waals surface area contributed by atoms with Gasteiger partial charge in [0, 0.05) is 22.2 Å². The molecule has 20 heavy (non-hydrogen) atoms. The molecule has 2 unspecified atom stereocenters. The Bertz CT molecular complexity index is 620. The molecule has 0 aliphatic heterocycles. The second kappa shape index (κ2) is 4.52. The van der Waals surface area contributed by atoms with Crippen molar-refractivity contribution >= 4 is 17.4 Å². The number of anilines is 1. The Morgan fingerprint density at radius 1 is 1.10 bits per heavy atom. The number of H-pyrrole nitrogens is 1. The molecule has 1 aromatic heterocycles. The van der Waals surface area contributed by atoms with E-state index < -0.39 is 0 Å². The highest BCUT2D eigenvalue weighted by atomic mass is 35.5. The molecule has 2 aliphatic rings. The zero-order valence-electron chi connectivity index (χ0n) is 11.3. The van der Waals surface area contributed by atoms with Gasteiger partial charge in [0.15, 0.2) is 5.82 Å². The lowest BCUT2D eigenvalue weighted by Crippen LogP contribution is -1.91. The summed E-state index contributed by atoms with van der Waals surface area (Å²) in [7, 11) is 0. The van der Waals surface area contributed by atoms with Crippen molar-refractivity contribution in [1.29, 1.82) is 0 Å². The van der Waals surface area contributed by atoms with Gasteiger partial charge in [-0.1, -0.05) is 36.6 Å². The molecule has 0 amide bonds. The number of halogens is 1. The van der Waals surface area contributed by atoms with Crippen LogP contribution in [0.2, 0.25) is 5.02 Å². The van der Waals surface area contributed by atoms with Gasteiger partial charge in [-0.25, -0.2) is 0 Å². The van der Waals surface area contributed by atoms with Crippen molar-refractivity contribution in [3.8, 4) is 11.1 Å². The molecule has 0 saturated heterocycles. The van der Waals surface area contributed by atoms with Crippen molar-refractivity contribution < 1.29 is 0 Å². The number of hydrogen-bond acceptors (Lipinski definition) is 2. The van der Waals surface area contributed by atoms with Crippen molar-refractivity contribution in [2.45, 2.75) is 31.6 Å². The monoisotopic (exact) mass is 287 g/mol. The molecule has 4 heteroatoms. The first-order valence-corrected chi connectivity index (χ1v) is 7.73. The van der Waals surface area contributed by atoms with Gasteiger partial charge in [0.05, 0.1) is 0 Å². The first kappa shape index (κ1) is 12.3. The minimum absolute atomic E-state index is 0.603. The van der Waals surface area contributed by atoms with Crippen molar-refractivity contribution in [3.05, 3.63) is 35.0 Å². The number of nitrogens with zero attached hydrogens (tertiary/aromatic N) is 1. The van der Waals surface area contributed by atoms with Crippen LogP contribution < -0.4 is 5.73 Å². The molecule has 1 heterocycles. The summed E-state index contributed by atoms with van der Waals surface area (Å²) in [6.07, 6.45) is 5.46. The molecule has 4 rings (SSSR count). The number of hydrogen-bond donors (Lipinski definition) is 2. The van der Waals surface area contributed by atoms with Crippen molar-refractivity contribution in [3.63, 3.8) is 0 Å². The fourth-order valence-electron chi connectivity index (χ4n) is 3.95. The summed E-state index contributed by atoms with van der Waals surface area (Å²) in [5.74, 6) is 2.92. The Labute approximate surface area is 123 Å². The van der Waals surface area contributed by atoms with E-state index in [0.717, 1.165) is 28.0 Å². The van der Waals surface area contributed by atoms with Crippen LogP contribution in [0.4, 0.5) is 5.82 Å². The zero-order chi connectivity index (χ0) is 13.7. The molecule has 0 spiro atoms. The van der Waals surface area contributed by atoms with E-state index in [1.165, 1.54) is 31.4 Å². The van der Waals surface area contributed by atoms with Gasteiger partial charge < -0.3 is 5.73 Å². The van der Waals surface area contributed by atoms with E-state index in [9.17, 15) is 0 Å². The van der Waals surface area contributed by atoms with Crippen molar-refractivity contribution in [2.24, 2.45) is 11.8 Å². The highest BCUT2D eigenvalue weighted by Crippen LogP contribution is 2.62. The highest BCUT2D eigenvalue weighted by Gasteiger charge is 2.53. The summed E-state index contributed by atoms with van der Waals surface area (Å²) < 4.78 is 0. The lowest BCUT2D eigenvalue weighted by molar-refractivity contribution is 0.480. The SMILES string of the molecule is Nc1n[nH]c(C2C3CCCCC32)c1-c1ccc(Cl)cc1. The number of benzene rings is 1. The van der Waals surface area contributed by atoms with Gasteiger partial charge in [0.25, 0.3) is 0 Å². The normalized spacial score (nSPS) is 28.1. The quantitative estimate of drug-likeness (QED) is 0.869. The Kier molecular flexibility index (Phi) is 2.77. The molecule has 0 radical (unpaired) electrons. The zero-order valence-corrected chi connectivity index (χ0v) is 12.0. The van der Waals surface area contributed by atoms with E-state index in [2.05, 4.69) is 10.2 Å². The molecule has 0 bridgehead atoms. The van der Waals surface area contributed by atoms with Crippen LogP contribution in [0, 0.1) is 11.8 Å². The molecular formula is C16H18ClN3. The third-order valence-corrected chi connectivity index (χ3v) is 5.20. The number of nitrogens with one attached hydrogen (secondary N) is 1. The third kappa shape index (κ3) is 1.84. The summed E-state index contributed by atoms with van der Waals surface area (Å²) in [6, 6.07) is 7.87. The van der Waals surface area contributed by atoms with Gasteiger partial charge in [-0.3, -0.25) is 5.10 Å². The molecule has 2 saturated carbocycles. The second-order valence-corrected chi connectivity index (χ2v) is 6.48. The van der Waals surface area contributed by atoms with E-state index in [-0.39, 0.29) is 0 Å². The third-order valence-electron chi connectivity index (χ3n) is 4.95. The standard InChI is InChI=1S/C16H18ClN3/c17-10-7-5-9(6-8-10)13-15(19-20-16(13)18)14-11-3-1-2-4-12(11)14/h5-8,11-12,14H,1-4H2,(H3,18,19,20). The number of aromatic amines is 1. The van der Waals surface area contributed by atoms with E-state index >= 15 is 0 Å². The first-order chi connectivity index (χ1) is 9.75. The van der Waals surface area contributed by atoms with Crippen LogP contribution in [0.25, 0.3) is 11.1 Å². The second-order valence-electron chi connectivity index (χ2n) is 6.04. The van der Waals surface area contributed by atoms with Gasteiger partial charge in [-0.2, -0.15) is 5.10 Å². The Morgan fingerprint density at radius 3 is 2.40 bits per heavy atom. The van der Waals surface area contributed by atoms with Crippen LogP contribution in [0.1, 0.15) is 37.3 Å². The molecule has 2 aromatic rings. The molecule has 104 valence electrons. The van der Waals surface area contributed by atoms with Gasteiger partial charge >= 0.3 is 0 Å².